The summed E-state index contributed by atoms with van der Waals surface area (Å²) in [6, 6.07) is 5.53. The Hall–Kier alpha value is -2.08. The third-order valence-electron chi connectivity index (χ3n) is 3.96. The minimum Gasteiger partial charge on any atom is -0.382 e. The van der Waals surface area contributed by atoms with Gasteiger partial charge in [0.2, 0.25) is 5.91 Å². The molecule has 6 heteroatoms. The molecule has 0 unspecified atom stereocenters. The maximum Gasteiger partial charge on any atom is 0.253 e. The summed E-state index contributed by atoms with van der Waals surface area (Å²) in [7, 11) is 0. The zero-order valence-corrected chi connectivity index (χ0v) is 14.6. The molecule has 24 heavy (non-hydrogen) atoms. The molecule has 0 atom stereocenters. The Balaban J connectivity index is 2.10. The van der Waals surface area contributed by atoms with E-state index in [0.29, 0.717) is 31.0 Å². The number of rotatable bonds is 8. The molecule has 0 saturated carbocycles. The molecule has 2 amide bonds. The minimum absolute atomic E-state index is 0.111. The van der Waals surface area contributed by atoms with Crippen LogP contribution in [0.2, 0.25) is 0 Å². The number of amides is 2. The van der Waals surface area contributed by atoms with Crippen LogP contribution in [0.4, 0.5) is 11.4 Å². The highest BCUT2D eigenvalue weighted by atomic mass is 16.5. The molecule has 1 fully saturated rings. The van der Waals surface area contributed by atoms with Crippen molar-refractivity contribution < 1.29 is 14.3 Å². The Kier molecular flexibility index (Phi) is 7.06. The zero-order chi connectivity index (χ0) is 17.4. The number of anilines is 2. The van der Waals surface area contributed by atoms with E-state index < -0.39 is 0 Å². The fourth-order valence-electron chi connectivity index (χ4n) is 2.85. The van der Waals surface area contributed by atoms with Gasteiger partial charge < -0.3 is 20.3 Å². The van der Waals surface area contributed by atoms with E-state index in [-0.39, 0.29) is 11.8 Å². The number of ether oxygens (including phenoxy) is 1. The van der Waals surface area contributed by atoms with Crippen LogP contribution in [-0.4, -0.2) is 44.7 Å². The molecule has 1 aliphatic heterocycles. The third-order valence-corrected chi connectivity index (χ3v) is 3.96. The molecule has 1 aromatic rings. The summed E-state index contributed by atoms with van der Waals surface area (Å²) in [5.74, 6) is -0.257. The van der Waals surface area contributed by atoms with Crippen molar-refractivity contribution in [3.05, 3.63) is 23.8 Å². The molecule has 0 bridgehead atoms. The molecule has 0 aliphatic carbocycles. The number of nitrogens with one attached hydrogen (secondary N) is 2. The van der Waals surface area contributed by atoms with Crippen LogP contribution in [0.5, 0.6) is 0 Å². The molecule has 2 N–H and O–H groups in total. The lowest BCUT2D eigenvalue weighted by Gasteiger charge is -2.22. The van der Waals surface area contributed by atoms with Crippen molar-refractivity contribution in [1.82, 2.24) is 5.32 Å². The quantitative estimate of drug-likeness (QED) is 0.717. The summed E-state index contributed by atoms with van der Waals surface area (Å²) in [6.45, 7) is 7.24. The first-order chi connectivity index (χ1) is 11.6. The second-order valence-corrected chi connectivity index (χ2v) is 5.91. The van der Waals surface area contributed by atoms with E-state index in [1.807, 2.05) is 19.1 Å². The number of hydrogen-bond donors (Lipinski definition) is 2. The van der Waals surface area contributed by atoms with Gasteiger partial charge >= 0.3 is 0 Å². The van der Waals surface area contributed by atoms with Crippen LogP contribution in [0.15, 0.2) is 18.2 Å². The van der Waals surface area contributed by atoms with Gasteiger partial charge in [-0.2, -0.15) is 0 Å². The molecule has 6 nitrogen and oxygen atoms in total. The van der Waals surface area contributed by atoms with Crippen LogP contribution >= 0.6 is 0 Å². The molecule has 132 valence electrons. The molecule has 0 radical (unpaired) electrons. The Bertz CT molecular complexity index is 569. The molecule has 1 aliphatic rings. The van der Waals surface area contributed by atoms with Crippen LogP contribution in [-0.2, 0) is 9.53 Å². The standard InChI is InChI=1S/C18H27N3O3/c1-3-24-12-6-9-19-18(23)16-13-15(20-14(2)22)7-8-17(16)21-10-4-5-11-21/h7-8,13H,3-6,9-12H2,1-2H3,(H,19,23)(H,20,22). The van der Waals surface area contributed by atoms with E-state index >= 15 is 0 Å². The van der Waals surface area contributed by atoms with Gasteiger partial charge in [-0.25, -0.2) is 0 Å². The van der Waals surface area contributed by atoms with E-state index in [1.165, 1.54) is 6.92 Å². The molecule has 0 spiro atoms. The number of benzene rings is 1. The molecule has 1 saturated heterocycles. The predicted octanol–water partition coefficient (Wildman–Crippen LogP) is 2.40. The lowest BCUT2D eigenvalue weighted by Crippen LogP contribution is -2.29. The first-order valence-corrected chi connectivity index (χ1v) is 8.64. The fourth-order valence-corrected chi connectivity index (χ4v) is 2.85. The lowest BCUT2D eigenvalue weighted by atomic mass is 10.1. The van der Waals surface area contributed by atoms with E-state index in [4.69, 9.17) is 4.74 Å². The van der Waals surface area contributed by atoms with Crippen molar-refractivity contribution in [2.75, 3.05) is 43.1 Å². The molecule has 1 heterocycles. The van der Waals surface area contributed by atoms with Crippen molar-refractivity contribution in [2.45, 2.75) is 33.1 Å². The van der Waals surface area contributed by atoms with Gasteiger partial charge in [-0.05, 0) is 44.4 Å². The number of hydrogen-bond acceptors (Lipinski definition) is 4. The summed E-state index contributed by atoms with van der Waals surface area (Å²) < 4.78 is 5.28. The topological polar surface area (TPSA) is 70.7 Å². The van der Waals surface area contributed by atoms with Gasteiger partial charge in [0.1, 0.15) is 0 Å². The molecule has 0 aromatic heterocycles. The average molecular weight is 333 g/mol. The minimum atomic E-state index is -0.146. The zero-order valence-electron chi connectivity index (χ0n) is 14.6. The first kappa shape index (κ1) is 18.3. The van der Waals surface area contributed by atoms with Gasteiger partial charge in [0.05, 0.1) is 5.56 Å². The monoisotopic (exact) mass is 333 g/mol. The van der Waals surface area contributed by atoms with Crippen LogP contribution in [0, 0.1) is 0 Å². The average Bonchev–Trinajstić information content (AvgIpc) is 3.08. The lowest BCUT2D eigenvalue weighted by molar-refractivity contribution is -0.114. The highest BCUT2D eigenvalue weighted by Gasteiger charge is 2.20. The van der Waals surface area contributed by atoms with Gasteiger partial charge in [0.25, 0.3) is 5.91 Å². The van der Waals surface area contributed by atoms with E-state index in [2.05, 4.69) is 15.5 Å². The first-order valence-electron chi connectivity index (χ1n) is 8.64. The summed E-state index contributed by atoms with van der Waals surface area (Å²) in [5, 5.41) is 5.69. The molecule has 1 aromatic carbocycles. The summed E-state index contributed by atoms with van der Waals surface area (Å²) in [5.41, 5.74) is 2.19. The second kappa shape index (κ2) is 9.27. The summed E-state index contributed by atoms with van der Waals surface area (Å²) in [4.78, 5) is 26.1. The molecule has 2 rings (SSSR count). The van der Waals surface area contributed by atoms with E-state index in [0.717, 1.165) is 38.0 Å². The molecular weight excluding hydrogens is 306 g/mol. The molecular formula is C18H27N3O3. The van der Waals surface area contributed by atoms with Crippen molar-refractivity contribution in [3.8, 4) is 0 Å². The number of carbonyl (C=O) groups excluding carboxylic acids is 2. The van der Waals surface area contributed by atoms with Crippen LogP contribution < -0.4 is 15.5 Å². The summed E-state index contributed by atoms with van der Waals surface area (Å²) >= 11 is 0. The summed E-state index contributed by atoms with van der Waals surface area (Å²) in [6.07, 6.45) is 3.07. The maximum atomic E-state index is 12.6. The van der Waals surface area contributed by atoms with Gasteiger partial charge in [0.15, 0.2) is 0 Å². The Morgan fingerprint density at radius 2 is 2.00 bits per heavy atom. The van der Waals surface area contributed by atoms with Crippen LogP contribution in [0.1, 0.15) is 43.5 Å². The fraction of sp³-hybridized carbons (Fsp3) is 0.556. The Morgan fingerprint density at radius 1 is 1.25 bits per heavy atom. The smallest absolute Gasteiger partial charge is 0.253 e. The number of nitrogens with zero attached hydrogens (tertiary/aromatic N) is 1. The Labute approximate surface area is 143 Å². The normalized spacial score (nSPS) is 13.8. The van der Waals surface area contributed by atoms with Crippen molar-refractivity contribution in [1.29, 1.82) is 0 Å². The third kappa shape index (κ3) is 5.23. The van der Waals surface area contributed by atoms with Crippen LogP contribution in [0.25, 0.3) is 0 Å². The van der Waals surface area contributed by atoms with Crippen molar-refractivity contribution in [3.63, 3.8) is 0 Å². The van der Waals surface area contributed by atoms with Gasteiger partial charge in [-0.3, -0.25) is 9.59 Å². The predicted molar refractivity (Wildman–Crippen MR) is 95.6 cm³/mol. The number of carbonyl (C=O) groups is 2. The van der Waals surface area contributed by atoms with Gasteiger partial charge in [-0.15, -0.1) is 0 Å². The van der Waals surface area contributed by atoms with Gasteiger partial charge in [0, 0.05) is 51.1 Å². The van der Waals surface area contributed by atoms with Crippen molar-refractivity contribution in [2.24, 2.45) is 0 Å². The maximum absolute atomic E-state index is 12.6. The van der Waals surface area contributed by atoms with Gasteiger partial charge in [-0.1, -0.05) is 0 Å². The van der Waals surface area contributed by atoms with Crippen molar-refractivity contribution >= 4 is 23.2 Å². The highest BCUT2D eigenvalue weighted by molar-refractivity contribution is 6.02. The Morgan fingerprint density at radius 3 is 2.67 bits per heavy atom. The van der Waals surface area contributed by atoms with E-state index in [1.54, 1.807) is 6.07 Å². The van der Waals surface area contributed by atoms with Crippen LogP contribution in [0.3, 0.4) is 0 Å². The van der Waals surface area contributed by atoms with E-state index in [9.17, 15) is 9.59 Å². The second-order valence-electron chi connectivity index (χ2n) is 5.91. The highest BCUT2D eigenvalue weighted by Crippen LogP contribution is 2.27. The SMILES string of the molecule is CCOCCCNC(=O)c1cc(NC(C)=O)ccc1N1CCCC1. The largest absolute Gasteiger partial charge is 0.382 e.